The lowest BCUT2D eigenvalue weighted by Crippen LogP contribution is -2.40. The van der Waals surface area contributed by atoms with E-state index in [9.17, 15) is 14.4 Å². The molecule has 296 valence electrons. The zero-order valence-electron chi connectivity index (χ0n) is 30.8. The monoisotopic (exact) mass is 727 g/mol. The van der Waals surface area contributed by atoms with Crippen molar-refractivity contribution in [3.05, 3.63) is 0 Å². The molecule has 50 heavy (non-hydrogen) atoms. The third-order valence-corrected chi connectivity index (χ3v) is 6.47. The smallest absolute Gasteiger partial charge is 0.222 e. The average Bonchev–Trinajstić information content (AvgIpc) is 3.09. The minimum absolute atomic E-state index is 0.0673. The summed E-state index contributed by atoms with van der Waals surface area (Å²) < 4.78 is 64.6. The molecule has 0 unspecified atom stereocenters. The summed E-state index contributed by atoms with van der Waals surface area (Å²) in [5.74, 6) is -0.310. The topological polar surface area (TPSA) is 174 Å². The summed E-state index contributed by atoms with van der Waals surface area (Å²) in [6.45, 7) is 13.9. The highest BCUT2D eigenvalue weighted by Gasteiger charge is 2.16. The van der Waals surface area contributed by atoms with Gasteiger partial charge in [-0.25, -0.2) is 0 Å². The van der Waals surface area contributed by atoms with Gasteiger partial charge in [-0.15, -0.1) is 0 Å². The van der Waals surface area contributed by atoms with Crippen LogP contribution in [-0.4, -0.2) is 183 Å². The molecule has 0 aromatic heterocycles. The molecule has 1 amide bonds. The standard InChI is InChI=1S/C34H65NO15/c1-31(36)5-4-6-33(32(2)37)35-34(38)7-8-40-11-12-42-15-16-44-19-20-46-23-24-48-27-28-50-30-29-49-26-25-47-22-21-45-18-17-43-14-13-41-10-9-39-3/h33H,4-30H2,1-3H3,(H,35,38)/t33-/m0/s1. The predicted molar refractivity (Wildman–Crippen MR) is 183 cm³/mol. The molecule has 1 atom stereocenters. The van der Waals surface area contributed by atoms with E-state index in [0.29, 0.717) is 165 Å². The Hall–Kier alpha value is -1.67. The number of rotatable bonds is 42. The minimum Gasteiger partial charge on any atom is -0.382 e. The number of ketones is 2. The quantitative estimate of drug-likeness (QED) is 0.0883. The number of hydrogen-bond acceptors (Lipinski definition) is 15. The molecule has 0 heterocycles. The van der Waals surface area contributed by atoms with Gasteiger partial charge in [0.05, 0.1) is 158 Å². The van der Waals surface area contributed by atoms with Gasteiger partial charge in [-0.2, -0.15) is 0 Å². The largest absolute Gasteiger partial charge is 0.382 e. The predicted octanol–water partition coefficient (Wildman–Crippen LogP) is 1.04. The van der Waals surface area contributed by atoms with Crippen LogP contribution in [0.4, 0.5) is 0 Å². The fraction of sp³-hybridized carbons (Fsp3) is 0.912. The molecule has 0 fully saturated rings. The summed E-state index contributed by atoms with van der Waals surface area (Å²) in [6, 6.07) is -0.567. The van der Waals surface area contributed by atoms with E-state index < -0.39 is 6.04 Å². The van der Waals surface area contributed by atoms with Gasteiger partial charge >= 0.3 is 0 Å². The van der Waals surface area contributed by atoms with Crippen molar-refractivity contribution in [2.24, 2.45) is 0 Å². The van der Waals surface area contributed by atoms with Gasteiger partial charge in [0.25, 0.3) is 0 Å². The first-order valence-corrected chi connectivity index (χ1v) is 17.6. The fourth-order valence-corrected chi connectivity index (χ4v) is 3.81. The SMILES string of the molecule is COCCOCCOCCOCCOCCOCCOCCOCCOCCOCCOCCOCCC(=O)N[C@@H](CCCC(C)=O)C(C)=O. The Balaban J connectivity index is 3.23. The van der Waals surface area contributed by atoms with E-state index in [4.69, 9.17) is 56.8 Å². The van der Waals surface area contributed by atoms with Crippen molar-refractivity contribution in [1.29, 1.82) is 0 Å². The van der Waals surface area contributed by atoms with Crippen LogP contribution >= 0.6 is 0 Å². The number of amides is 1. The van der Waals surface area contributed by atoms with Crippen LogP contribution in [0.5, 0.6) is 0 Å². The lowest BCUT2D eigenvalue weighted by molar-refractivity contribution is -0.127. The van der Waals surface area contributed by atoms with Gasteiger partial charge in [-0.3, -0.25) is 9.59 Å². The molecule has 16 nitrogen and oxygen atoms in total. The molecular weight excluding hydrogens is 662 g/mol. The van der Waals surface area contributed by atoms with Gasteiger partial charge in [-0.05, 0) is 26.7 Å². The molecule has 0 saturated heterocycles. The summed E-state index contributed by atoms with van der Waals surface area (Å²) in [7, 11) is 1.64. The molecule has 0 spiro atoms. The third kappa shape index (κ3) is 39.1. The first kappa shape index (κ1) is 48.3. The first-order valence-electron chi connectivity index (χ1n) is 17.6. The fourth-order valence-electron chi connectivity index (χ4n) is 3.81. The van der Waals surface area contributed by atoms with Gasteiger partial charge in [0, 0.05) is 20.0 Å². The second kappa shape index (κ2) is 40.1. The number of carbonyl (C=O) groups excluding carboxylic acids is 3. The van der Waals surface area contributed by atoms with E-state index >= 15 is 0 Å². The molecule has 0 aromatic carbocycles. The van der Waals surface area contributed by atoms with E-state index in [2.05, 4.69) is 5.32 Å². The number of carbonyl (C=O) groups is 3. The Morgan fingerprint density at radius 1 is 0.420 bits per heavy atom. The van der Waals surface area contributed by atoms with Gasteiger partial charge in [-0.1, -0.05) is 0 Å². The van der Waals surface area contributed by atoms with Gasteiger partial charge in [0.15, 0.2) is 5.78 Å². The molecule has 0 aliphatic heterocycles. The highest BCUT2D eigenvalue weighted by molar-refractivity contribution is 5.87. The maximum Gasteiger partial charge on any atom is 0.222 e. The maximum absolute atomic E-state index is 12.0. The van der Waals surface area contributed by atoms with Crippen LogP contribution < -0.4 is 5.32 Å². The van der Waals surface area contributed by atoms with Crippen molar-refractivity contribution >= 4 is 17.5 Å². The molecule has 0 saturated carbocycles. The van der Waals surface area contributed by atoms with Crippen LogP contribution in [0, 0.1) is 0 Å². The zero-order chi connectivity index (χ0) is 36.6. The van der Waals surface area contributed by atoms with Crippen LogP contribution in [0.1, 0.15) is 39.5 Å². The lowest BCUT2D eigenvalue weighted by Gasteiger charge is -2.15. The van der Waals surface area contributed by atoms with E-state index in [1.807, 2.05) is 0 Å². The molecular formula is C34H65NO15. The summed E-state index contributed by atoms with van der Waals surface area (Å²) in [6.07, 6.45) is 1.57. The van der Waals surface area contributed by atoms with Gasteiger partial charge < -0.3 is 67.0 Å². The van der Waals surface area contributed by atoms with Crippen LogP contribution in [0.25, 0.3) is 0 Å². The van der Waals surface area contributed by atoms with Crippen molar-refractivity contribution in [3.8, 4) is 0 Å². The number of Topliss-reactive ketones (excluding diaryl/α,β-unsaturated/α-hetero) is 2. The van der Waals surface area contributed by atoms with Crippen LogP contribution in [0.3, 0.4) is 0 Å². The number of methoxy groups -OCH3 is 1. The number of hydrogen-bond donors (Lipinski definition) is 1. The van der Waals surface area contributed by atoms with Crippen LogP contribution in [0.2, 0.25) is 0 Å². The molecule has 0 rings (SSSR count). The maximum atomic E-state index is 12.0. The highest BCUT2D eigenvalue weighted by Crippen LogP contribution is 2.03. The Labute approximate surface area is 298 Å². The molecule has 0 aromatic rings. The van der Waals surface area contributed by atoms with E-state index in [1.54, 1.807) is 7.11 Å². The third-order valence-electron chi connectivity index (χ3n) is 6.47. The Kier molecular flexibility index (Phi) is 38.8. The molecule has 0 bridgehead atoms. The Morgan fingerprint density at radius 2 is 0.700 bits per heavy atom. The van der Waals surface area contributed by atoms with E-state index in [0.717, 1.165) is 0 Å². The normalized spacial score (nSPS) is 12.0. The van der Waals surface area contributed by atoms with E-state index in [-0.39, 0.29) is 30.5 Å². The average molecular weight is 728 g/mol. The van der Waals surface area contributed by atoms with Crippen LogP contribution in [-0.2, 0) is 71.2 Å². The number of nitrogens with one attached hydrogen (secondary N) is 1. The second-order valence-corrected chi connectivity index (χ2v) is 10.8. The summed E-state index contributed by atoms with van der Waals surface area (Å²) in [5.41, 5.74) is 0. The van der Waals surface area contributed by atoms with Crippen molar-refractivity contribution in [2.75, 3.05) is 159 Å². The van der Waals surface area contributed by atoms with Gasteiger partial charge in [0.2, 0.25) is 5.91 Å². The summed E-state index contributed by atoms with van der Waals surface area (Å²) in [5, 5.41) is 2.70. The van der Waals surface area contributed by atoms with Crippen molar-refractivity contribution in [2.45, 2.75) is 45.6 Å². The van der Waals surface area contributed by atoms with E-state index in [1.165, 1.54) is 13.8 Å². The van der Waals surface area contributed by atoms with Crippen molar-refractivity contribution in [3.63, 3.8) is 0 Å². The summed E-state index contributed by atoms with van der Waals surface area (Å²) >= 11 is 0. The van der Waals surface area contributed by atoms with Crippen molar-refractivity contribution < 1.29 is 71.2 Å². The molecule has 0 radical (unpaired) electrons. The first-order chi connectivity index (χ1) is 24.5. The minimum atomic E-state index is -0.567. The molecule has 0 aliphatic rings. The van der Waals surface area contributed by atoms with Crippen molar-refractivity contribution in [1.82, 2.24) is 5.32 Å². The molecule has 0 aliphatic carbocycles. The molecule has 16 heteroatoms. The zero-order valence-corrected chi connectivity index (χ0v) is 30.8. The number of ether oxygens (including phenoxy) is 12. The van der Waals surface area contributed by atoms with Crippen LogP contribution in [0.15, 0.2) is 0 Å². The lowest BCUT2D eigenvalue weighted by atomic mass is 10.0. The van der Waals surface area contributed by atoms with Gasteiger partial charge in [0.1, 0.15) is 5.78 Å². The summed E-state index contributed by atoms with van der Waals surface area (Å²) in [4.78, 5) is 34.8. The highest BCUT2D eigenvalue weighted by atomic mass is 16.6. The Bertz CT molecular complexity index is 762. The molecule has 1 N–H and O–H groups in total. The Morgan fingerprint density at radius 3 is 0.960 bits per heavy atom. The second-order valence-electron chi connectivity index (χ2n) is 10.8.